The minimum atomic E-state index is -4.10. The van der Waals surface area contributed by atoms with E-state index in [9.17, 15) is 13.2 Å². The van der Waals surface area contributed by atoms with Gasteiger partial charge in [0.25, 0.3) is 0 Å². The normalized spacial score (nSPS) is 22.7. The molecule has 21 heavy (non-hydrogen) atoms. The lowest BCUT2D eigenvalue weighted by Crippen LogP contribution is -2.34. The van der Waals surface area contributed by atoms with Crippen LogP contribution >= 0.6 is 0 Å². The zero-order chi connectivity index (χ0) is 15.5. The summed E-state index contributed by atoms with van der Waals surface area (Å²) >= 11 is 0. The van der Waals surface area contributed by atoms with Crippen molar-refractivity contribution in [3.63, 3.8) is 0 Å². The topological polar surface area (TPSA) is 30.5 Å². The largest absolute Gasteiger partial charge is 0.493 e. The number of benzene rings is 1. The van der Waals surface area contributed by atoms with Crippen LogP contribution in [0.3, 0.4) is 0 Å². The first-order valence-electron chi connectivity index (χ1n) is 6.99. The summed E-state index contributed by atoms with van der Waals surface area (Å²) in [6, 6.07) is 5.11. The SMILES string of the molecule is COc1ccc(NC2CCCC(C(F)(F)F)C2)cc1OC. The van der Waals surface area contributed by atoms with Crippen molar-refractivity contribution >= 4 is 5.69 Å². The Morgan fingerprint density at radius 1 is 1.10 bits per heavy atom. The van der Waals surface area contributed by atoms with E-state index in [4.69, 9.17) is 9.47 Å². The van der Waals surface area contributed by atoms with Gasteiger partial charge < -0.3 is 14.8 Å². The predicted molar refractivity (Wildman–Crippen MR) is 75.0 cm³/mol. The first-order chi connectivity index (χ1) is 9.94. The molecule has 2 unspecified atom stereocenters. The molecule has 6 heteroatoms. The molecular weight excluding hydrogens is 283 g/mol. The lowest BCUT2D eigenvalue weighted by Gasteiger charge is -2.31. The summed E-state index contributed by atoms with van der Waals surface area (Å²) < 4.78 is 48.8. The van der Waals surface area contributed by atoms with Crippen LogP contribution in [0.2, 0.25) is 0 Å². The van der Waals surface area contributed by atoms with Crippen LogP contribution < -0.4 is 14.8 Å². The Labute approximate surface area is 122 Å². The van der Waals surface area contributed by atoms with Crippen molar-refractivity contribution in [3.05, 3.63) is 18.2 Å². The second-order valence-corrected chi connectivity index (χ2v) is 5.32. The molecule has 1 saturated carbocycles. The fourth-order valence-corrected chi connectivity index (χ4v) is 2.78. The van der Waals surface area contributed by atoms with Gasteiger partial charge in [-0.15, -0.1) is 0 Å². The Hall–Kier alpha value is -1.59. The highest BCUT2D eigenvalue weighted by Gasteiger charge is 2.42. The summed E-state index contributed by atoms with van der Waals surface area (Å²) in [5.74, 6) is -0.0468. The molecule has 0 aliphatic heterocycles. The molecule has 1 aromatic rings. The maximum absolute atomic E-state index is 12.8. The smallest absolute Gasteiger partial charge is 0.391 e. The Bertz CT molecular complexity index is 476. The third-order valence-electron chi connectivity index (χ3n) is 3.89. The van der Waals surface area contributed by atoms with Gasteiger partial charge in [-0.3, -0.25) is 0 Å². The summed E-state index contributed by atoms with van der Waals surface area (Å²) in [6.07, 6.45) is -2.40. The van der Waals surface area contributed by atoms with Crippen molar-refractivity contribution in [2.45, 2.75) is 37.9 Å². The average Bonchev–Trinajstić information content (AvgIpc) is 2.46. The van der Waals surface area contributed by atoms with E-state index in [-0.39, 0.29) is 18.9 Å². The van der Waals surface area contributed by atoms with Gasteiger partial charge in [-0.25, -0.2) is 0 Å². The second-order valence-electron chi connectivity index (χ2n) is 5.32. The van der Waals surface area contributed by atoms with E-state index in [2.05, 4.69) is 5.32 Å². The van der Waals surface area contributed by atoms with Gasteiger partial charge in [0.1, 0.15) is 0 Å². The van der Waals surface area contributed by atoms with E-state index in [1.165, 1.54) is 7.11 Å². The Kier molecular flexibility index (Phi) is 4.85. The highest BCUT2D eigenvalue weighted by Crippen LogP contribution is 2.39. The van der Waals surface area contributed by atoms with E-state index in [1.807, 2.05) is 0 Å². The first kappa shape index (κ1) is 15.8. The van der Waals surface area contributed by atoms with E-state index >= 15 is 0 Å². The van der Waals surface area contributed by atoms with Gasteiger partial charge in [-0.1, -0.05) is 6.42 Å². The molecule has 2 rings (SSSR count). The van der Waals surface area contributed by atoms with Gasteiger partial charge in [-0.2, -0.15) is 13.2 Å². The molecule has 0 heterocycles. The van der Waals surface area contributed by atoms with Crippen molar-refractivity contribution in [2.75, 3.05) is 19.5 Å². The summed E-state index contributed by atoms with van der Waals surface area (Å²) in [6.45, 7) is 0. The Morgan fingerprint density at radius 3 is 2.43 bits per heavy atom. The van der Waals surface area contributed by atoms with Crippen molar-refractivity contribution in [1.29, 1.82) is 0 Å². The van der Waals surface area contributed by atoms with Gasteiger partial charge in [0.2, 0.25) is 0 Å². The molecule has 1 aliphatic rings. The highest BCUT2D eigenvalue weighted by atomic mass is 19.4. The van der Waals surface area contributed by atoms with Gasteiger partial charge in [-0.05, 0) is 31.4 Å². The second kappa shape index (κ2) is 6.45. The monoisotopic (exact) mass is 303 g/mol. The Morgan fingerprint density at radius 2 is 1.81 bits per heavy atom. The summed E-state index contributed by atoms with van der Waals surface area (Å²) in [5.41, 5.74) is 0.750. The molecule has 0 spiro atoms. The molecular formula is C15H20F3NO2. The molecule has 0 radical (unpaired) electrons. The lowest BCUT2D eigenvalue weighted by molar-refractivity contribution is -0.182. The standard InChI is InChI=1S/C15H20F3NO2/c1-20-13-7-6-12(9-14(13)21-2)19-11-5-3-4-10(8-11)15(16,17)18/h6-7,9-11,19H,3-5,8H2,1-2H3. The molecule has 1 aromatic carbocycles. The predicted octanol–water partition coefficient (Wildman–Crippen LogP) is 4.24. The van der Waals surface area contributed by atoms with Crippen molar-refractivity contribution < 1.29 is 22.6 Å². The third kappa shape index (κ3) is 3.95. The van der Waals surface area contributed by atoms with Gasteiger partial charge in [0.15, 0.2) is 11.5 Å². The van der Waals surface area contributed by atoms with E-state index in [0.29, 0.717) is 17.9 Å². The number of hydrogen-bond donors (Lipinski definition) is 1. The number of halogens is 3. The van der Waals surface area contributed by atoms with E-state index < -0.39 is 12.1 Å². The molecule has 1 fully saturated rings. The maximum atomic E-state index is 12.8. The summed E-state index contributed by atoms with van der Waals surface area (Å²) in [7, 11) is 3.07. The van der Waals surface area contributed by atoms with Crippen LogP contribution in [-0.2, 0) is 0 Å². The number of ether oxygens (including phenoxy) is 2. The molecule has 0 aromatic heterocycles. The quantitative estimate of drug-likeness (QED) is 0.902. The van der Waals surface area contributed by atoms with Crippen LogP contribution in [0.1, 0.15) is 25.7 Å². The minimum absolute atomic E-state index is 0.123. The summed E-state index contributed by atoms with van der Waals surface area (Å²) in [4.78, 5) is 0. The highest BCUT2D eigenvalue weighted by molar-refractivity contribution is 5.55. The fraction of sp³-hybridized carbons (Fsp3) is 0.600. The van der Waals surface area contributed by atoms with Crippen molar-refractivity contribution in [3.8, 4) is 11.5 Å². The molecule has 1 aliphatic carbocycles. The van der Waals surface area contributed by atoms with Crippen LogP contribution in [0.15, 0.2) is 18.2 Å². The molecule has 0 amide bonds. The van der Waals surface area contributed by atoms with E-state index in [0.717, 1.165) is 12.1 Å². The number of alkyl halides is 3. The molecule has 3 nitrogen and oxygen atoms in total. The molecule has 0 bridgehead atoms. The average molecular weight is 303 g/mol. The number of anilines is 1. The van der Waals surface area contributed by atoms with Crippen LogP contribution in [0, 0.1) is 5.92 Å². The van der Waals surface area contributed by atoms with Crippen LogP contribution in [0.4, 0.5) is 18.9 Å². The minimum Gasteiger partial charge on any atom is -0.493 e. The zero-order valence-corrected chi connectivity index (χ0v) is 12.2. The molecule has 0 saturated heterocycles. The fourth-order valence-electron chi connectivity index (χ4n) is 2.78. The first-order valence-corrected chi connectivity index (χ1v) is 6.99. The Balaban J connectivity index is 2.04. The van der Waals surface area contributed by atoms with Gasteiger partial charge in [0, 0.05) is 17.8 Å². The number of methoxy groups -OCH3 is 2. The maximum Gasteiger partial charge on any atom is 0.391 e. The van der Waals surface area contributed by atoms with Crippen LogP contribution in [-0.4, -0.2) is 26.4 Å². The third-order valence-corrected chi connectivity index (χ3v) is 3.89. The zero-order valence-electron chi connectivity index (χ0n) is 12.2. The van der Waals surface area contributed by atoms with E-state index in [1.54, 1.807) is 25.3 Å². The molecule has 2 atom stereocenters. The van der Waals surface area contributed by atoms with Gasteiger partial charge >= 0.3 is 6.18 Å². The molecule has 118 valence electrons. The summed E-state index contributed by atoms with van der Waals surface area (Å²) in [5, 5.41) is 3.17. The van der Waals surface area contributed by atoms with Crippen molar-refractivity contribution in [1.82, 2.24) is 0 Å². The number of hydrogen-bond acceptors (Lipinski definition) is 3. The number of nitrogens with one attached hydrogen (secondary N) is 1. The number of rotatable bonds is 4. The van der Waals surface area contributed by atoms with Crippen LogP contribution in [0.5, 0.6) is 11.5 Å². The van der Waals surface area contributed by atoms with Crippen LogP contribution in [0.25, 0.3) is 0 Å². The molecule has 1 N–H and O–H groups in total. The van der Waals surface area contributed by atoms with Crippen molar-refractivity contribution in [2.24, 2.45) is 5.92 Å². The van der Waals surface area contributed by atoms with Gasteiger partial charge in [0.05, 0.1) is 20.1 Å². The lowest BCUT2D eigenvalue weighted by atomic mass is 9.85.